The molecule has 1 N–H and O–H groups in total. The van der Waals surface area contributed by atoms with Gasteiger partial charge in [0.1, 0.15) is 6.04 Å². The van der Waals surface area contributed by atoms with Crippen LogP contribution >= 0.6 is 0 Å². The predicted molar refractivity (Wildman–Crippen MR) is 149 cm³/mol. The van der Waals surface area contributed by atoms with Crippen LogP contribution in [0.2, 0.25) is 0 Å². The Labute approximate surface area is 224 Å². The summed E-state index contributed by atoms with van der Waals surface area (Å²) in [6.07, 6.45) is 0. The molecule has 2 saturated heterocycles. The molecule has 2 aliphatic heterocycles. The van der Waals surface area contributed by atoms with Crippen LogP contribution in [-0.4, -0.2) is 64.2 Å². The number of aliphatic hydroxyl groups excluding tert-OH is 1. The van der Waals surface area contributed by atoms with E-state index >= 15 is 0 Å². The zero-order chi connectivity index (χ0) is 26.0. The monoisotopic (exact) mass is 503 g/mol. The van der Waals surface area contributed by atoms with Crippen molar-refractivity contribution < 1.29 is 9.90 Å². The maximum Gasteiger partial charge on any atom is 0.242 e. The van der Waals surface area contributed by atoms with Gasteiger partial charge in [-0.2, -0.15) is 0 Å². The van der Waals surface area contributed by atoms with Gasteiger partial charge in [-0.05, 0) is 22.3 Å². The molecule has 5 heteroatoms. The average molecular weight is 504 g/mol. The van der Waals surface area contributed by atoms with E-state index in [4.69, 9.17) is 0 Å². The number of amides is 1. The fraction of sp³-hybridized carbons (Fsp3) is 0.242. The first-order valence-corrected chi connectivity index (χ1v) is 13.3. The average Bonchev–Trinajstić information content (AvgIpc) is 3.68. The third kappa shape index (κ3) is 4.43. The molecule has 2 aliphatic rings. The lowest BCUT2D eigenvalue weighted by Gasteiger charge is -2.38. The van der Waals surface area contributed by atoms with Crippen molar-refractivity contribution in [2.24, 2.45) is 0 Å². The Morgan fingerprint density at radius 3 is 1.66 bits per heavy atom. The van der Waals surface area contributed by atoms with E-state index in [2.05, 4.69) is 94.7 Å². The molecule has 4 aromatic rings. The van der Waals surface area contributed by atoms with Gasteiger partial charge in [-0.3, -0.25) is 14.6 Å². The lowest BCUT2D eigenvalue weighted by atomic mass is 9.76. The van der Waals surface area contributed by atoms with Crippen molar-refractivity contribution in [2.45, 2.75) is 24.2 Å². The highest BCUT2D eigenvalue weighted by Crippen LogP contribution is 2.48. The summed E-state index contributed by atoms with van der Waals surface area (Å²) < 4.78 is 0. The van der Waals surface area contributed by atoms with E-state index in [-0.39, 0.29) is 24.6 Å². The van der Waals surface area contributed by atoms with E-state index < -0.39 is 5.54 Å². The van der Waals surface area contributed by atoms with Crippen LogP contribution in [-0.2, 0) is 16.9 Å². The van der Waals surface area contributed by atoms with Crippen LogP contribution in [0, 0.1) is 0 Å². The summed E-state index contributed by atoms with van der Waals surface area (Å²) in [7, 11) is 0. The Kier molecular flexibility index (Phi) is 6.81. The second-order valence-electron chi connectivity index (χ2n) is 10.3. The Hall–Kier alpha value is -3.77. The smallest absolute Gasteiger partial charge is 0.242 e. The molecular weight excluding hydrogens is 470 g/mol. The Morgan fingerprint density at radius 2 is 1.18 bits per heavy atom. The van der Waals surface area contributed by atoms with E-state index in [0.29, 0.717) is 19.8 Å². The molecule has 3 atom stereocenters. The van der Waals surface area contributed by atoms with Gasteiger partial charge in [0.15, 0.2) is 0 Å². The molecule has 0 radical (unpaired) electrons. The van der Waals surface area contributed by atoms with Crippen molar-refractivity contribution >= 4 is 5.91 Å². The largest absolute Gasteiger partial charge is 0.394 e. The molecule has 0 aliphatic carbocycles. The first kappa shape index (κ1) is 24.6. The van der Waals surface area contributed by atoms with Crippen LogP contribution in [0.15, 0.2) is 121 Å². The number of hydrogen-bond donors (Lipinski definition) is 1. The molecule has 6 rings (SSSR count). The summed E-state index contributed by atoms with van der Waals surface area (Å²) in [6.45, 7) is 2.58. The Bertz CT molecular complexity index is 1250. The van der Waals surface area contributed by atoms with Crippen molar-refractivity contribution in [3.05, 3.63) is 144 Å². The normalized spacial score (nSPS) is 21.4. The van der Waals surface area contributed by atoms with Gasteiger partial charge in [0.05, 0.1) is 24.9 Å². The molecule has 192 valence electrons. The van der Waals surface area contributed by atoms with E-state index in [1.54, 1.807) is 0 Å². The molecule has 1 amide bonds. The second-order valence-corrected chi connectivity index (χ2v) is 10.3. The van der Waals surface area contributed by atoms with Crippen LogP contribution in [0.4, 0.5) is 0 Å². The minimum atomic E-state index is -0.595. The highest BCUT2D eigenvalue weighted by atomic mass is 16.3. The summed E-state index contributed by atoms with van der Waals surface area (Å²) in [6, 6.07) is 41.3. The molecule has 0 aromatic heterocycles. The first-order chi connectivity index (χ1) is 18.7. The lowest BCUT2D eigenvalue weighted by Crippen LogP contribution is -2.45. The van der Waals surface area contributed by atoms with Crippen molar-refractivity contribution in [1.82, 2.24) is 14.7 Å². The van der Waals surface area contributed by atoms with Crippen LogP contribution in [0.1, 0.15) is 22.3 Å². The second kappa shape index (κ2) is 10.5. The number of carbonyl (C=O) groups is 1. The summed E-state index contributed by atoms with van der Waals surface area (Å²) in [4.78, 5) is 20.5. The molecule has 38 heavy (non-hydrogen) atoms. The van der Waals surface area contributed by atoms with Gasteiger partial charge in [-0.15, -0.1) is 0 Å². The number of aliphatic hydroxyl groups is 1. The summed E-state index contributed by atoms with van der Waals surface area (Å²) >= 11 is 0. The van der Waals surface area contributed by atoms with Crippen LogP contribution in [0.5, 0.6) is 0 Å². The number of hydrogen-bond acceptors (Lipinski definition) is 4. The van der Waals surface area contributed by atoms with Crippen molar-refractivity contribution in [1.29, 1.82) is 0 Å². The quantitative estimate of drug-likeness (QED) is 0.287. The molecule has 5 nitrogen and oxygen atoms in total. The highest BCUT2D eigenvalue weighted by Gasteiger charge is 2.57. The van der Waals surface area contributed by atoms with Gasteiger partial charge in [-0.25, -0.2) is 0 Å². The molecular formula is C33H33N3O2. The molecule has 0 saturated carbocycles. The topological polar surface area (TPSA) is 46.8 Å². The van der Waals surface area contributed by atoms with Crippen molar-refractivity contribution in [3.8, 4) is 0 Å². The molecule has 4 aromatic carbocycles. The number of nitrogens with zero attached hydrogens (tertiary/aromatic N) is 3. The first-order valence-electron chi connectivity index (χ1n) is 13.3. The lowest BCUT2D eigenvalue weighted by molar-refractivity contribution is -0.133. The van der Waals surface area contributed by atoms with Gasteiger partial charge < -0.3 is 10.0 Å². The van der Waals surface area contributed by atoms with Gasteiger partial charge >= 0.3 is 0 Å². The van der Waals surface area contributed by atoms with Crippen molar-refractivity contribution in [3.63, 3.8) is 0 Å². The zero-order valence-corrected chi connectivity index (χ0v) is 21.4. The van der Waals surface area contributed by atoms with Crippen LogP contribution in [0.3, 0.4) is 0 Å². The summed E-state index contributed by atoms with van der Waals surface area (Å²) in [5, 5.41) is 10.2. The summed E-state index contributed by atoms with van der Waals surface area (Å²) in [5.74, 6) is 0.0896. The molecule has 3 unspecified atom stereocenters. The highest BCUT2D eigenvalue weighted by molar-refractivity contribution is 5.86. The Balaban J connectivity index is 1.34. The molecule has 2 fully saturated rings. The fourth-order valence-corrected chi connectivity index (χ4v) is 6.10. The van der Waals surface area contributed by atoms with E-state index in [1.807, 2.05) is 41.3 Å². The van der Waals surface area contributed by atoms with Gasteiger partial charge in [-0.1, -0.05) is 121 Å². The fourth-order valence-electron chi connectivity index (χ4n) is 6.10. The third-order valence-electron chi connectivity index (χ3n) is 7.91. The SMILES string of the molecule is O=C(C1CN1C(c1ccccc1)(c1ccccc1)c1ccccc1)N1CN(Cc2ccccc2)CC1CO. The maximum atomic E-state index is 14.1. The number of rotatable bonds is 8. The predicted octanol–water partition coefficient (Wildman–Crippen LogP) is 4.33. The van der Waals surface area contributed by atoms with E-state index in [1.165, 1.54) is 5.56 Å². The van der Waals surface area contributed by atoms with Gasteiger partial charge in [0.2, 0.25) is 5.91 Å². The van der Waals surface area contributed by atoms with Crippen molar-refractivity contribution in [2.75, 3.05) is 26.4 Å². The Morgan fingerprint density at radius 1 is 0.711 bits per heavy atom. The maximum absolute atomic E-state index is 14.1. The summed E-state index contributed by atoms with van der Waals surface area (Å²) in [5.41, 5.74) is 4.03. The minimum absolute atomic E-state index is 0.0368. The number of carbonyl (C=O) groups excluding carboxylic acids is 1. The molecule has 0 spiro atoms. The van der Waals surface area contributed by atoms with Gasteiger partial charge in [0, 0.05) is 19.6 Å². The zero-order valence-electron chi connectivity index (χ0n) is 21.4. The van der Waals surface area contributed by atoms with Gasteiger partial charge in [0.25, 0.3) is 0 Å². The molecule has 2 heterocycles. The standard InChI is InChI=1S/C33H33N3O2/c37-24-30-22-34(21-26-13-5-1-6-14-26)25-35(30)32(38)31-23-36(31)33(27-15-7-2-8-16-27,28-17-9-3-10-18-28)29-19-11-4-12-20-29/h1-20,30-31,37H,21-25H2. The number of benzene rings is 4. The third-order valence-corrected chi connectivity index (χ3v) is 7.91. The van der Waals surface area contributed by atoms with Crippen LogP contribution < -0.4 is 0 Å². The van der Waals surface area contributed by atoms with E-state index in [9.17, 15) is 9.90 Å². The minimum Gasteiger partial charge on any atom is -0.394 e. The van der Waals surface area contributed by atoms with Crippen LogP contribution in [0.25, 0.3) is 0 Å². The van der Waals surface area contributed by atoms with E-state index in [0.717, 1.165) is 23.2 Å². The molecule has 0 bridgehead atoms.